The lowest BCUT2D eigenvalue weighted by atomic mass is 10.2. The molecule has 0 aliphatic heterocycles. The van der Waals surface area contributed by atoms with Crippen molar-refractivity contribution in [2.75, 3.05) is 10.2 Å². The minimum atomic E-state index is -0.248. The summed E-state index contributed by atoms with van der Waals surface area (Å²) in [6.07, 6.45) is 3.53. The van der Waals surface area contributed by atoms with Crippen molar-refractivity contribution in [3.8, 4) is 0 Å². The first-order valence-corrected chi connectivity index (χ1v) is 10.2. The van der Waals surface area contributed by atoms with E-state index in [1.54, 1.807) is 6.07 Å². The highest BCUT2D eigenvalue weighted by atomic mass is 32.1. The number of anilines is 2. The lowest BCUT2D eigenvalue weighted by molar-refractivity contribution is -0.116. The largest absolute Gasteiger partial charge is 0.343 e. The Morgan fingerprint density at radius 2 is 1.88 bits per heavy atom. The molecule has 0 aliphatic rings. The van der Waals surface area contributed by atoms with Crippen LogP contribution in [0, 0.1) is 0 Å². The normalized spacial score (nSPS) is 11.3. The zero-order valence-corrected chi connectivity index (χ0v) is 17.2. The van der Waals surface area contributed by atoms with E-state index in [2.05, 4.69) is 49.8 Å². The van der Waals surface area contributed by atoms with Gasteiger partial charge in [-0.05, 0) is 52.3 Å². The van der Waals surface area contributed by atoms with Gasteiger partial charge in [-0.2, -0.15) is 4.98 Å². The Balaban J connectivity index is 2.28. The fourth-order valence-electron chi connectivity index (χ4n) is 3.04. The summed E-state index contributed by atoms with van der Waals surface area (Å²) in [6.45, 7) is 10.5. The molecular weight excluding hydrogens is 346 g/mol. The van der Waals surface area contributed by atoms with Crippen LogP contribution in [0.4, 0.5) is 10.8 Å². The van der Waals surface area contributed by atoms with Crippen molar-refractivity contribution in [2.24, 2.45) is 0 Å². The fraction of sp³-hybridized carbons (Fsp3) is 0.550. The maximum absolute atomic E-state index is 12.6. The molecule has 2 rings (SSSR count). The summed E-state index contributed by atoms with van der Waals surface area (Å²) < 4.78 is 0.885. The Bertz CT molecular complexity index is 806. The van der Waals surface area contributed by atoms with Gasteiger partial charge in [-0.3, -0.25) is 9.59 Å². The average Bonchev–Trinajstić information content (AvgIpc) is 2.55. The molecule has 5 nitrogen and oxygen atoms in total. The van der Waals surface area contributed by atoms with E-state index < -0.39 is 0 Å². The van der Waals surface area contributed by atoms with Crippen molar-refractivity contribution in [1.29, 1.82) is 0 Å². The molecule has 26 heavy (non-hydrogen) atoms. The number of aromatic nitrogens is 1. The Morgan fingerprint density at radius 1 is 1.19 bits per heavy atom. The van der Waals surface area contributed by atoms with E-state index in [-0.39, 0.29) is 23.6 Å². The highest BCUT2D eigenvalue weighted by molar-refractivity contribution is 7.21. The van der Waals surface area contributed by atoms with Gasteiger partial charge in [-0.1, -0.05) is 31.1 Å². The summed E-state index contributed by atoms with van der Waals surface area (Å²) in [5.74, 6) is -0.00991. The number of carbonyl (C=O) groups excluding carboxylic acids is 1. The predicted molar refractivity (Wildman–Crippen MR) is 111 cm³/mol. The first-order valence-electron chi connectivity index (χ1n) is 9.36. The molecule has 1 amide bonds. The van der Waals surface area contributed by atoms with E-state index in [1.165, 1.54) is 11.3 Å². The third kappa shape index (κ3) is 5.04. The van der Waals surface area contributed by atoms with Crippen molar-refractivity contribution >= 4 is 38.1 Å². The predicted octanol–water partition coefficient (Wildman–Crippen LogP) is 4.80. The Kier molecular flexibility index (Phi) is 7.14. The van der Waals surface area contributed by atoms with Crippen molar-refractivity contribution in [3.63, 3.8) is 0 Å². The zero-order chi connectivity index (χ0) is 19.3. The van der Waals surface area contributed by atoms with Crippen LogP contribution in [-0.2, 0) is 4.79 Å². The number of nitrogens with zero attached hydrogens (tertiary/aromatic N) is 2. The van der Waals surface area contributed by atoms with Gasteiger partial charge < -0.3 is 10.2 Å². The lowest BCUT2D eigenvalue weighted by Gasteiger charge is -2.31. The Hall–Kier alpha value is -1.95. The topological polar surface area (TPSA) is 62.3 Å². The van der Waals surface area contributed by atoms with E-state index in [1.807, 2.05) is 12.1 Å². The van der Waals surface area contributed by atoms with E-state index in [9.17, 15) is 9.59 Å². The van der Waals surface area contributed by atoms with Crippen LogP contribution in [0.15, 0.2) is 23.0 Å². The van der Waals surface area contributed by atoms with Crippen LogP contribution in [0.1, 0.15) is 60.3 Å². The smallest absolute Gasteiger partial charge is 0.281 e. The molecule has 0 radical (unpaired) electrons. The van der Waals surface area contributed by atoms with Gasteiger partial charge >= 0.3 is 0 Å². The quantitative estimate of drug-likeness (QED) is 0.673. The molecule has 142 valence electrons. The maximum atomic E-state index is 12.6. The summed E-state index contributed by atoms with van der Waals surface area (Å²) in [7, 11) is 0. The molecule has 1 N–H and O–H groups in total. The van der Waals surface area contributed by atoms with Gasteiger partial charge in [-0.25, -0.2) is 0 Å². The highest BCUT2D eigenvalue weighted by Crippen LogP contribution is 2.28. The number of rotatable bonds is 8. The maximum Gasteiger partial charge on any atom is 0.281 e. The first kappa shape index (κ1) is 20.4. The third-order valence-corrected chi connectivity index (χ3v) is 5.29. The van der Waals surface area contributed by atoms with Gasteiger partial charge in [-0.15, -0.1) is 0 Å². The molecule has 0 aliphatic carbocycles. The molecule has 0 spiro atoms. The minimum Gasteiger partial charge on any atom is -0.343 e. The van der Waals surface area contributed by atoms with Crippen molar-refractivity contribution in [2.45, 2.75) is 72.4 Å². The van der Waals surface area contributed by atoms with E-state index >= 15 is 0 Å². The second-order valence-corrected chi connectivity index (χ2v) is 8.12. The molecule has 1 heterocycles. The fourth-order valence-corrected chi connectivity index (χ4v) is 4.28. The van der Waals surface area contributed by atoms with Crippen LogP contribution in [0.3, 0.4) is 0 Å². The van der Waals surface area contributed by atoms with Crippen LogP contribution in [-0.4, -0.2) is 23.0 Å². The highest BCUT2D eigenvalue weighted by Gasteiger charge is 2.18. The second-order valence-electron chi connectivity index (χ2n) is 7.11. The number of amides is 1. The zero-order valence-electron chi connectivity index (χ0n) is 16.3. The number of hydrogen-bond acceptors (Lipinski definition) is 5. The minimum absolute atomic E-state index is 0.00991. The van der Waals surface area contributed by atoms with Crippen LogP contribution < -0.4 is 15.8 Å². The SMILES string of the molecule is CCCCCC(=O)Nc1ccc2sc(N(C(C)C)C(C)C)nc(=O)c2c1. The van der Waals surface area contributed by atoms with Gasteiger partial charge in [0.15, 0.2) is 5.13 Å². The van der Waals surface area contributed by atoms with Crippen molar-refractivity contribution in [3.05, 3.63) is 28.6 Å². The number of fused-ring (bicyclic) bond motifs is 1. The lowest BCUT2D eigenvalue weighted by Crippen LogP contribution is -2.38. The average molecular weight is 376 g/mol. The van der Waals surface area contributed by atoms with Gasteiger partial charge in [0.05, 0.1) is 5.39 Å². The van der Waals surface area contributed by atoms with Gasteiger partial charge in [0.25, 0.3) is 5.56 Å². The number of benzene rings is 1. The summed E-state index contributed by atoms with van der Waals surface area (Å²) >= 11 is 1.51. The van der Waals surface area contributed by atoms with Gasteiger partial charge in [0.2, 0.25) is 5.91 Å². The van der Waals surface area contributed by atoms with Crippen LogP contribution in [0.2, 0.25) is 0 Å². The molecule has 0 bridgehead atoms. The molecule has 1 aromatic carbocycles. The third-order valence-electron chi connectivity index (χ3n) is 4.23. The molecule has 6 heteroatoms. The van der Waals surface area contributed by atoms with E-state index in [4.69, 9.17) is 0 Å². The Labute approximate surface area is 159 Å². The molecule has 1 aromatic heterocycles. The first-order chi connectivity index (χ1) is 12.3. The summed E-state index contributed by atoms with van der Waals surface area (Å²) in [5.41, 5.74) is 0.407. The molecule has 2 aromatic rings. The molecule has 0 fully saturated rings. The summed E-state index contributed by atoms with van der Waals surface area (Å²) in [4.78, 5) is 31.0. The number of nitrogens with one attached hydrogen (secondary N) is 1. The van der Waals surface area contributed by atoms with Gasteiger partial charge in [0.1, 0.15) is 0 Å². The van der Waals surface area contributed by atoms with Crippen LogP contribution in [0.5, 0.6) is 0 Å². The molecule has 0 atom stereocenters. The van der Waals surface area contributed by atoms with E-state index in [0.717, 1.165) is 29.1 Å². The van der Waals surface area contributed by atoms with Crippen molar-refractivity contribution in [1.82, 2.24) is 4.98 Å². The van der Waals surface area contributed by atoms with Crippen LogP contribution in [0.25, 0.3) is 10.1 Å². The molecule has 0 unspecified atom stereocenters. The van der Waals surface area contributed by atoms with Crippen molar-refractivity contribution < 1.29 is 4.79 Å². The monoisotopic (exact) mass is 375 g/mol. The summed E-state index contributed by atoms with van der Waals surface area (Å²) in [6, 6.07) is 6.01. The Morgan fingerprint density at radius 3 is 2.50 bits per heavy atom. The van der Waals surface area contributed by atoms with Gasteiger partial charge in [0, 0.05) is 28.9 Å². The molecule has 0 saturated heterocycles. The summed E-state index contributed by atoms with van der Waals surface area (Å²) in [5, 5.41) is 4.18. The van der Waals surface area contributed by atoms with Crippen LogP contribution >= 0.6 is 11.3 Å². The molecule has 0 saturated carbocycles. The van der Waals surface area contributed by atoms with E-state index in [0.29, 0.717) is 17.5 Å². The number of unbranched alkanes of at least 4 members (excludes halogenated alkanes) is 2. The number of carbonyl (C=O) groups is 1. The standard InChI is InChI=1S/C20H29N3O2S/c1-6-7-8-9-18(24)21-15-10-11-17-16(12-15)19(25)22-20(26-17)23(13(2)3)14(4)5/h10-14H,6-9H2,1-5H3,(H,21,24). The molecular formula is C20H29N3O2S. The second kappa shape index (κ2) is 9.12. The number of hydrogen-bond donors (Lipinski definition) is 1.